The number of nitrogens with one attached hydrogen (secondary N) is 1. The molecule has 0 bridgehead atoms. The van der Waals surface area contributed by atoms with Crippen molar-refractivity contribution in [1.82, 2.24) is 9.78 Å². The Kier molecular flexibility index (Phi) is 5.95. The lowest BCUT2D eigenvalue weighted by atomic mass is 10.1. The number of nitro benzene ring substituents is 2. The Bertz CT molecular complexity index is 1170. The van der Waals surface area contributed by atoms with Gasteiger partial charge in [0.2, 0.25) is 0 Å². The van der Waals surface area contributed by atoms with Crippen LogP contribution in [0.3, 0.4) is 0 Å². The van der Waals surface area contributed by atoms with Crippen LogP contribution in [-0.2, 0) is 11.3 Å². The molecule has 11 heteroatoms. The number of rotatable bonds is 7. The van der Waals surface area contributed by atoms with Crippen LogP contribution < -0.4 is 5.32 Å². The summed E-state index contributed by atoms with van der Waals surface area (Å²) in [6, 6.07) is 11.2. The van der Waals surface area contributed by atoms with Crippen molar-refractivity contribution in [2.75, 3.05) is 12.4 Å². The summed E-state index contributed by atoms with van der Waals surface area (Å²) < 4.78 is 6.42. The average molecular weight is 425 g/mol. The van der Waals surface area contributed by atoms with Gasteiger partial charge in [0.15, 0.2) is 0 Å². The van der Waals surface area contributed by atoms with Gasteiger partial charge in [-0.25, -0.2) is 9.48 Å². The largest absolute Gasteiger partial charge is 0.465 e. The van der Waals surface area contributed by atoms with E-state index < -0.39 is 27.2 Å². The zero-order valence-corrected chi connectivity index (χ0v) is 17.0. The number of ether oxygens (including phenoxy) is 1. The molecule has 0 aliphatic heterocycles. The number of carbonyl (C=O) groups is 1. The number of aryl methyl sites for hydroxylation is 1. The van der Waals surface area contributed by atoms with Crippen molar-refractivity contribution >= 4 is 23.0 Å². The van der Waals surface area contributed by atoms with Crippen LogP contribution in [-0.4, -0.2) is 32.7 Å². The second-order valence-electron chi connectivity index (χ2n) is 6.64. The normalized spacial score (nSPS) is 10.5. The molecule has 0 saturated heterocycles. The van der Waals surface area contributed by atoms with Crippen molar-refractivity contribution in [3.05, 3.63) is 85.2 Å². The van der Waals surface area contributed by atoms with Crippen molar-refractivity contribution in [3.63, 3.8) is 0 Å². The summed E-state index contributed by atoms with van der Waals surface area (Å²) in [7, 11) is 1.09. The van der Waals surface area contributed by atoms with Crippen LogP contribution in [0.25, 0.3) is 5.69 Å². The highest BCUT2D eigenvalue weighted by Gasteiger charge is 2.28. The Morgan fingerprint density at radius 3 is 2.39 bits per heavy atom. The van der Waals surface area contributed by atoms with E-state index in [4.69, 9.17) is 0 Å². The summed E-state index contributed by atoms with van der Waals surface area (Å²) in [5.41, 5.74) is 1.49. The predicted molar refractivity (Wildman–Crippen MR) is 111 cm³/mol. The van der Waals surface area contributed by atoms with Crippen LogP contribution in [0.4, 0.5) is 17.1 Å². The SMILES string of the molecule is COC(=O)c1cc([N+](=O)[O-])cc([N+](=O)[O-])c1NCc1c(C)nn(-c2ccccc2)c1C. The highest BCUT2D eigenvalue weighted by molar-refractivity contribution is 5.99. The monoisotopic (exact) mass is 425 g/mol. The Hall–Kier alpha value is -4.28. The van der Waals surface area contributed by atoms with E-state index in [-0.39, 0.29) is 17.8 Å². The minimum atomic E-state index is -0.928. The van der Waals surface area contributed by atoms with Crippen molar-refractivity contribution in [2.45, 2.75) is 20.4 Å². The molecule has 0 fully saturated rings. The van der Waals surface area contributed by atoms with E-state index >= 15 is 0 Å². The number of hydrogen-bond acceptors (Lipinski definition) is 8. The molecule has 1 aromatic heterocycles. The molecule has 3 aromatic rings. The van der Waals surface area contributed by atoms with E-state index in [1.807, 2.05) is 37.3 Å². The fourth-order valence-corrected chi connectivity index (χ4v) is 3.25. The zero-order valence-electron chi connectivity index (χ0n) is 17.0. The van der Waals surface area contributed by atoms with Gasteiger partial charge in [-0.15, -0.1) is 0 Å². The number of hydrogen-bond donors (Lipinski definition) is 1. The number of carbonyl (C=O) groups excluding carboxylic acids is 1. The molecule has 1 N–H and O–H groups in total. The van der Waals surface area contributed by atoms with Gasteiger partial charge in [-0.05, 0) is 26.0 Å². The van der Waals surface area contributed by atoms with Crippen LogP contribution in [0.15, 0.2) is 42.5 Å². The Morgan fingerprint density at radius 2 is 1.81 bits per heavy atom. The van der Waals surface area contributed by atoms with Crippen molar-refractivity contribution in [1.29, 1.82) is 0 Å². The summed E-state index contributed by atoms with van der Waals surface area (Å²) >= 11 is 0. The van der Waals surface area contributed by atoms with Gasteiger partial charge >= 0.3 is 5.97 Å². The second-order valence-corrected chi connectivity index (χ2v) is 6.64. The molecule has 0 radical (unpaired) electrons. The minimum absolute atomic E-state index is 0.104. The molecular formula is C20H19N5O6. The maximum atomic E-state index is 12.2. The molecule has 0 aliphatic carbocycles. The maximum Gasteiger partial charge on any atom is 0.340 e. The molecule has 31 heavy (non-hydrogen) atoms. The van der Waals surface area contributed by atoms with Crippen LogP contribution >= 0.6 is 0 Å². The van der Waals surface area contributed by atoms with Crippen molar-refractivity contribution in [3.8, 4) is 5.69 Å². The third-order valence-corrected chi connectivity index (χ3v) is 4.80. The standard InChI is InChI=1S/C20H19N5O6/c1-12-17(13(2)23(22-12)14-7-5-4-6-8-14)11-21-19-16(20(26)31-3)9-15(24(27)28)10-18(19)25(29)30/h4-10,21H,11H2,1-3H3. The fourth-order valence-electron chi connectivity index (χ4n) is 3.25. The van der Waals surface area contributed by atoms with Crippen LogP contribution in [0.2, 0.25) is 0 Å². The first-order chi connectivity index (χ1) is 14.7. The molecule has 1 heterocycles. The predicted octanol–water partition coefficient (Wildman–Crippen LogP) is 3.70. The van der Waals surface area contributed by atoms with E-state index in [1.54, 1.807) is 11.6 Å². The van der Waals surface area contributed by atoms with Gasteiger partial charge in [0.1, 0.15) is 5.69 Å². The van der Waals surface area contributed by atoms with Gasteiger partial charge < -0.3 is 10.1 Å². The number of aromatic nitrogens is 2. The minimum Gasteiger partial charge on any atom is -0.465 e. The molecule has 0 unspecified atom stereocenters. The lowest BCUT2D eigenvalue weighted by Crippen LogP contribution is -2.12. The maximum absolute atomic E-state index is 12.2. The number of non-ortho nitro benzene ring substituents is 1. The van der Waals surface area contributed by atoms with E-state index in [0.29, 0.717) is 5.69 Å². The van der Waals surface area contributed by atoms with Crippen LogP contribution in [0.1, 0.15) is 27.3 Å². The molecule has 3 rings (SSSR count). The van der Waals surface area contributed by atoms with Gasteiger partial charge in [-0.3, -0.25) is 20.2 Å². The Balaban J connectivity index is 2.04. The first-order valence-corrected chi connectivity index (χ1v) is 9.14. The molecule has 0 atom stereocenters. The molecule has 11 nitrogen and oxygen atoms in total. The summed E-state index contributed by atoms with van der Waals surface area (Å²) in [6.45, 7) is 3.76. The van der Waals surface area contributed by atoms with Gasteiger partial charge in [-0.1, -0.05) is 18.2 Å². The molecular weight excluding hydrogens is 406 g/mol. The highest BCUT2D eigenvalue weighted by Crippen LogP contribution is 2.34. The number of nitrogens with zero attached hydrogens (tertiary/aromatic N) is 4. The van der Waals surface area contributed by atoms with Crippen LogP contribution in [0, 0.1) is 34.1 Å². The van der Waals surface area contributed by atoms with Gasteiger partial charge in [0, 0.05) is 23.9 Å². The number of nitro groups is 2. The van der Waals surface area contributed by atoms with Gasteiger partial charge in [-0.2, -0.15) is 5.10 Å². The zero-order chi connectivity index (χ0) is 22.7. The van der Waals surface area contributed by atoms with Crippen molar-refractivity contribution in [2.24, 2.45) is 0 Å². The number of esters is 1. The molecule has 0 spiro atoms. The summed E-state index contributed by atoms with van der Waals surface area (Å²) in [5.74, 6) is -0.928. The topological polar surface area (TPSA) is 142 Å². The fraction of sp³-hybridized carbons (Fsp3) is 0.200. The van der Waals surface area contributed by atoms with Gasteiger partial charge in [0.05, 0.1) is 40.0 Å². The van der Waals surface area contributed by atoms with Crippen LogP contribution in [0.5, 0.6) is 0 Å². The molecule has 160 valence electrons. The number of benzene rings is 2. The second kappa shape index (κ2) is 8.61. The lowest BCUT2D eigenvalue weighted by molar-refractivity contribution is -0.393. The third kappa shape index (κ3) is 4.20. The Labute approximate surface area is 176 Å². The third-order valence-electron chi connectivity index (χ3n) is 4.80. The summed E-state index contributed by atoms with van der Waals surface area (Å²) in [6.07, 6.45) is 0. The summed E-state index contributed by atoms with van der Waals surface area (Å²) in [5, 5.41) is 30.1. The smallest absolute Gasteiger partial charge is 0.340 e. The molecule has 0 amide bonds. The first-order valence-electron chi connectivity index (χ1n) is 9.14. The quantitative estimate of drug-likeness (QED) is 0.343. The van der Waals surface area contributed by atoms with Gasteiger partial charge in [0.25, 0.3) is 11.4 Å². The lowest BCUT2D eigenvalue weighted by Gasteiger charge is -2.12. The number of para-hydroxylation sites is 1. The Morgan fingerprint density at radius 1 is 1.13 bits per heavy atom. The molecule has 0 aliphatic rings. The van der Waals surface area contributed by atoms with E-state index in [1.165, 1.54) is 0 Å². The van der Waals surface area contributed by atoms with Crippen molar-refractivity contribution < 1.29 is 19.4 Å². The summed E-state index contributed by atoms with van der Waals surface area (Å²) in [4.78, 5) is 33.3. The van der Waals surface area contributed by atoms with E-state index in [9.17, 15) is 25.0 Å². The molecule has 0 saturated carbocycles. The van der Waals surface area contributed by atoms with E-state index in [0.717, 1.165) is 36.2 Å². The molecule has 2 aromatic carbocycles. The number of methoxy groups -OCH3 is 1. The average Bonchev–Trinajstić information content (AvgIpc) is 3.04. The van der Waals surface area contributed by atoms with E-state index in [2.05, 4.69) is 15.2 Å². The first kappa shape index (κ1) is 21.4. The number of anilines is 1. The highest BCUT2D eigenvalue weighted by atomic mass is 16.6.